The number of thioether (sulfide) groups is 1. The number of amides is 2. The van der Waals surface area contributed by atoms with Gasteiger partial charge in [-0.2, -0.15) is 0 Å². The van der Waals surface area contributed by atoms with Crippen LogP contribution >= 0.6 is 11.8 Å². The first-order valence-corrected chi connectivity index (χ1v) is 9.27. The van der Waals surface area contributed by atoms with Crippen molar-refractivity contribution >= 4 is 29.3 Å². The number of aromatic nitrogens is 3. The van der Waals surface area contributed by atoms with Gasteiger partial charge in [0.1, 0.15) is 12.1 Å². The highest BCUT2D eigenvalue weighted by Crippen LogP contribution is 2.26. The summed E-state index contributed by atoms with van der Waals surface area (Å²) in [6.45, 7) is 1.78. The van der Waals surface area contributed by atoms with Crippen LogP contribution in [0.3, 0.4) is 0 Å². The number of carbonyl (C=O) groups is 2. The van der Waals surface area contributed by atoms with Crippen molar-refractivity contribution in [3.63, 3.8) is 0 Å². The molecular weight excluding hydrogens is 378 g/mol. The van der Waals surface area contributed by atoms with E-state index < -0.39 is 11.2 Å². The van der Waals surface area contributed by atoms with Gasteiger partial charge >= 0.3 is 0 Å². The van der Waals surface area contributed by atoms with Crippen LogP contribution in [0.1, 0.15) is 17.3 Å². The Kier molecular flexibility index (Phi) is 5.95. The molecule has 0 spiro atoms. The minimum atomic E-state index is -0.515. The molecule has 9 heteroatoms. The van der Waals surface area contributed by atoms with Gasteiger partial charge < -0.3 is 15.8 Å². The van der Waals surface area contributed by atoms with Crippen LogP contribution in [0.5, 0.6) is 5.75 Å². The number of primary amides is 1. The average molecular weight is 397 g/mol. The van der Waals surface area contributed by atoms with Crippen LogP contribution in [-0.2, 0) is 4.79 Å². The molecule has 1 heterocycles. The summed E-state index contributed by atoms with van der Waals surface area (Å²) in [6.07, 6.45) is 1.59. The molecule has 0 radical (unpaired) electrons. The first kappa shape index (κ1) is 19.4. The Morgan fingerprint density at radius 1 is 1.21 bits per heavy atom. The number of nitrogens with two attached hydrogens (primary N) is 1. The maximum absolute atomic E-state index is 12.5. The predicted molar refractivity (Wildman–Crippen MR) is 107 cm³/mol. The van der Waals surface area contributed by atoms with E-state index in [1.165, 1.54) is 11.8 Å². The van der Waals surface area contributed by atoms with Crippen molar-refractivity contribution in [3.05, 3.63) is 60.4 Å². The fraction of sp³-hybridized carbons (Fsp3) is 0.158. The second-order valence-corrected chi connectivity index (χ2v) is 7.18. The van der Waals surface area contributed by atoms with Gasteiger partial charge in [0, 0.05) is 17.3 Å². The number of methoxy groups -OCH3 is 1. The monoisotopic (exact) mass is 397 g/mol. The molecule has 2 amide bonds. The highest BCUT2D eigenvalue weighted by Gasteiger charge is 2.19. The zero-order valence-corrected chi connectivity index (χ0v) is 16.1. The van der Waals surface area contributed by atoms with E-state index >= 15 is 0 Å². The Morgan fingerprint density at radius 3 is 2.64 bits per heavy atom. The second-order valence-electron chi connectivity index (χ2n) is 5.88. The Hall–Kier alpha value is -3.33. The first-order valence-electron chi connectivity index (χ1n) is 8.40. The second kappa shape index (κ2) is 8.57. The molecule has 3 N–H and O–H groups in total. The van der Waals surface area contributed by atoms with Gasteiger partial charge in [0.05, 0.1) is 18.0 Å². The van der Waals surface area contributed by atoms with Gasteiger partial charge in [-0.3, -0.25) is 14.2 Å². The van der Waals surface area contributed by atoms with Crippen LogP contribution < -0.4 is 15.8 Å². The molecule has 0 aliphatic carbocycles. The minimum Gasteiger partial charge on any atom is -0.497 e. The van der Waals surface area contributed by atoms with E-state index in [1.807, 2.05) is 24.3 Å². The van der Waals surface area contributed by atoms with Gasteiger partial charge in [-0.25, -0.2) is 0 Å². The number of nitrogens with zero attached hydrogens (tertiary/aromatic N) is 3. The zero-order chi connectivity index (χ0) is 20.1. The Bertz CT molecular complexity index is 987. The zero-order valence-electron chi connectivity index (χ0n) is 15.3. The van der Waals surface area contributed by atoms with Gasteiger partial charge in [-0.05, 0) is 43.3 Å². The van der Waals surface area contributed by atoms with Crippen LogP contribution in [0, 0.1) is 0 Å². The summed E-state index contributed by atoms with van der Waals surface area (Å²) in [5, 5.41) is 11.0. The molecule has 0 saturated heterocycles. The Morgan fingerprint density at radius 2 is 1.96 bits per heavy atom. The van der Waals surface area contributed by atoms with E-state index in [9.17, 15) is 9.59 Å². The molecule has 2 aromatic carbocycles. The molecule has 3 aromatic rings. The number of nitrogens with one attached hydrogen (secondary N) is 1. The van der Waals surface area contributed by atoms with Crippen molar-refractivity contribution in [1.29, 1.82) is 0 Å². The van der Waals surface area contributed by atoms with Crippen LogP contribution in [-0.4, -0.2) is 38.9 Å². The number of carbonyl (C=O) groups excluding carboxylic acids is 2. The Labute approximate surface area is 166 Å². The quantitative estimate of drug-likeness (QED) is 0.593. The van der Waals surface area contributed by atoms with E-state index in [1.54, 1.807) is 49.2 Å². The lowest BCUT2D eigenvalue weighted by molar-refractivity contribution is -0.115. The molecule has 0 aliphatic heterocycles. The molecule has 0 unspecified atom stereocenters. The molecule has 0 bridgehead atoms. The van der Waals surface area contributed by atoms with Crippen LogP contribution in [0.15, 0.2) is 60.0 Å². The third-order valence-electron chi connectivity index (χ3n) is 3.94. The molecular formula is C19H19N5O3S. The summed E-state index contributed by atoms with van der Waals surface area (Å²) in [4.78, 5) is 23.6. The molecule has 1 aromatic heterocycles. The van der Waals surface area contributed by atoms with Crippen molar-refractivity contribution in [2.24, 2.45) is 5.73 Å². The largest absolute Gasteiger partial charge is 0.497 e. The van der Waals surface area contributed by atoms with E-state index in [-0.39, 0.29) is 5.91 Å². The van der Waals surface area contributed by atoms with Crippen molar-refractivity contribution in [3.8, 4) is 11.4 Å². The standard InChI is InChI=1S/C19H19N5O3S/c1-12(18(26)22-14-8-6-13(7-9-14)17(20)25)28-19-23-21-11-24(19)15-4-3-5-16(10-15)27-2/h3-12H,1-2H3,(H2,20,25)(H,22,26)/t12-/m1/s1. The lowest BCUT2D eigenvalue weighted by atomic mass is 10.2. The third kappa shape index (κ3) is 4.49. The molecule has 0 saturated carbocycles. The van der Waals surface area contributed by atoms with Gasteiger partial charge in [0.15, 0.2) is 5.16 Å². The molecule has 144 valence electrons. The number of anilines is 1. The van der Waals surface area contributed by atoms with Crippen molar-refractivity contribution < 1.29 is 14.3 Å². The van der Waals surface area contributed by atoms with E-state index in [4.69, 9.17) is 10.5 Å². The fourth-order valence-corrected chi connectivity index (χ4v) is 3.26. The number of hydrogen-bond acceptors (Lipinski definition) is 6. The summed E-state index contributed by atoms with van der Waals surface area (Å²) in [7, 11) is 1.60. The maximum Gasteiger partial charge on any atom is 0.248 e. The predicted octanol–water partition coefficient (Wildman–Crippen LogP) is 2.49. The summed E-state index contributed by atoms with van der Waals surface area (Å²) in [5.74, 6) is 0.00282. The number of ether oxygens (including phenoxy) is 1. The normalized spacial score (nSPS) is 11.6. The lowest BCUT2D eigenvalue weighted by Gasteiger charge is -2.13. The van der Waals surface area contributed by atoms with Crippen LogP contribution in [0.4, 0.5) is 5.69 Å². The molecule has 3 rings (SSSR count). The fourth-order valence-electron chi connectivity index (χ4n) is 2.42. The first-order chi connectivity index (χ1) is 13.5. The smallest absolute Gasteiger partial charge is 0.248 e. The van der Waals surface area contributed by atoms with Crippen molar-refractivity contribution in [2.75, 3.05) is 12.4 Å². The summed E-state index contributed by atoms with van der Waals surface area (Å²) >= 11 is 1.28. The molecule has 0 fully saturated rings. The molecule has 8 nitrogen and oxygen atoms in total. The third-order valence-corrected chi connectivity index (χ3v) is 4.99. The van der Waals surface area contributed by atoms with Crippen molar-refractivity contribution in [1.82, 2.24) is 14.8 Å². The highest BCUT2D eigenvalue weighted by molar-refractivity contribution is 8.00. The van der Waals surface area contributed by atoms with E-state index in [0.717, 1.165) is 5.69 Å². The molecule has 1 atom stereocenters. The molecule has 28 heavy (non-hydrogen) atoms. The topological polar surface area (TPSA) is 112 Å². The van der Waals surface area contributed by atoms with E-state index in [0.29, 0.717) is 22.2 Å². The number of rotatable bonds is 7. The van der Waals surface area contributed by atoms with Gasteiger partial charge in [0.2, 0.25) is 11.8 Å². The SMILES string of the molecule is COc1cccc(-n2cnnc2S[C@H](C)C(=O)Nc2ccc(C(N)=O)cc2)c1. The van der Waals surface area contributed by atoms with Crippen molar-refractivity contribution in [2.45, 2.75) is 17.3 Å². The summed E-state index contributed by atoms with van der Waals surface area (Å²) in [6, 6.07) is 13.9. The van der Waals surface area contributed by atoms with Crippen LogP contribution in [0.25, 0.3) is 5.69 Å². The summed E-state index contributed by atoms with van der Waals surface area (Å²) in [5.41, 5.74) is 7.01. The maximum atomic E-state index is 12.5. The van der Waals surface area contributed by atoms with Gasteiger partial charge in [-0.1, -0.05) is 17.8 Å². The van der Waals surface area contributed by atoms with Crippen LogP contribution in [0.2, 0.25) is 0 Å². The minimum absolute atomic E-state index is 0.197. The summed E-state index contributed by atoms with van der Waals surface area (Å²) < 4.78 is 7.04. The lowest BCUT2D eigenvalue weighted by Crippen LogP contribution is -2.23. The number of benzene rings is 2. The number of hydrogen-bond donors (Lipinski definition) is 2. The highest BCUT2D eigenvalue weighted by atomic mass is 32.2. The average Bonchev–Trinajstić information content (AvgIpc) is 3.16. The van der Waals surface area contributed by atoms with E-state index in [2.05, 4.69) is 15.5 Å². The van der Waals surface area contributed by atoms with Gasteiger partial charge in [0.25, 0.3) is 0 Å². The van der Waals surface area contributed by atoms with Gasteiger partial charge in [-0.15, -0.1) is 10.2 Å². The Balaban J connectivity index is 1.69. The molecule has 0 aliphatic rings.